The van der Waals surface area contributed by atoms with E-state index < -0.39 is 16.0 Å². The van der Waals surface area contributed by atoms with Crippen molar-refractivity contribution >= 4 is 27.4 Å². The molecule has 0 aromatic heterocycles. The van der Waals surface area contributed by atoms with Crippen LogP contribution in [0, 0.1) is 13.8 Å². The number of piperazine rings is 1. The van der Waals surface area contributed by atoms with Gasteiger partial charge in [-0.05, 0) is 50.2 Å². The van der Waals surface area contributed by atoms with E-state index in [-0.39, 0.29) is 16.1 Å². The highest BCUT2D eigenvalue weighted by atomic mass is 32.2. The lowest BCUT2D eigenvalue weighted by molar-refractivity contribution is 0.0697. The lowest BCUT2D eigenvalue weighted by atomic mass is 10.1. The van der Waals surface area contributed by atoms with Crippen molar-refractivity contribution in [2.45, 2.75) is 25.7 Å². The van der Waals surface area contributed by atoms with Crippen molar-refractivity contribution in [1.82, 2.24) is 4.90 Å². The summed E-state index contributed by atoms with van der Waals surface area (Å²) in [6.07, 6.45) is 0. The molecule has 2 N–H and O–H groups in total. The largest absolute Gasteiger partial charge is 0.478 e. The molecular weight excluding hydrogens is 390 g/mol. The van der Waals surface area contributed by atoms with E-state index in [1.54, 1.807) is 37.3 Å². The van der Waals surface area contributed by atoms with Crippen molar-refractivity contribution < 1.29 is 18.3 Å². The Bertz CT molecular complexity index is 1010. The van der Waals surface area contributed by atoms with Gasteiger partial charge in [-0.3, -0.25) is 4.72 Å². The Hall–Kier alpha value is -2.58. The molecule has 1 aliphatic heterocycles. The van der Waals surface area contributed by atoms with Gasteiger partial charge in [0.1, 0.15) is 0 Å². The van der Waals surface area contributed by atoms with E-state index in [2.05, 4.69) is 16.5 Å². The number of likely N-dealkylation sites (N-methyl/N-ethyl adjacent to an activating group) is 1. The van der Waals surface area contributed by atoms with Crippen molar-refractivity contribution in [3.63, 3.8) is 0 Å². The molecule has 0 aliphatic carbocycles. The van der Waals surface area contributed by atoms with E-state index in [4.69, 9.17) is 0 Å². The van der Waals surface area contributed by atoms with Crippen molar-refractivity contribution in [3.8, 4) is 0 Å². The normalized spacial score (nSPS) is 15.3. The Labute approximate surface area is 172 Å². The van der Waals surface area contributed by atoms with Gasteiger partial charge < -0.3 is 14.9 Å². The Morgan fingerprint density at radius 1 is 1.07 bits per heavy atom. The van der Waals surface area contributed by atoms with Crippen LogP contribution >= 0.6 is 0 Å². The van der Waals surface area contributed by atoms with Crippen LogP contribution in [-0.2, 0) is 10.0 Å². The molecule has 29 heavy (non-hydrogen) atoms. The highest BCUT2D eigenvalue weighted by Gasteiger charge is 2.23. The van der Waals surface area contributed by atoms with Gasteiger partial charge in [-0.2, -0.15) is 0 Å². The Morgan fingerprint density at radius 2 is 1.76 bits per heavy atom. The molecule has 1 saturated heterocycles. The minimum Gasteiger partial charge on any atom is -0.478 e. The van der Waals surface area contributed by atoms with Gasteiger partial charge in [0.2, 0.25) is 0 Å². The number of nitrogens with one attached hydrogen (secondary N) is 1. The molecule has 1 fully saturated rings. The summed E-state index contributed by atoms with van der Waals surface area (Å²) < 4.78 is 28.1. The predicted molar refractivity (Wildman–Crippen MR) is 114 cm³/mol. The zero-order chi connectivity index (χ0) is 21.2. The number of carboxylic acid groups (broad SMARTS) is 1. The number of sulfonamides is 1. The summed E-state index contributed by atoms with van der Waals surface area (Å²) in [5.41, 5.74) is 2.56. The summed E-state index contributed by atoms with van der Waals surface area (Å²) in [7, 11) is -3.81. The maximum Gasteiger partial charge on any atom is 0.337 e. The number of anilines is 2. The van der Waals surface area contributed by atoms with E-state index >= 15 is 0 Å². The van der Waals surface area contributed by atoms with Crippen LogP contribution in [0.3, 0.4) is 0 Å². The fourth-order valence-electron chi connectivity index (χ4n) is 3.66. The molecule has 0 bridgehead atoms. The van der Waals surface area contributed by atoms with Gasteiger partial charge in [0, 0.05) is 31.9 Å². The van der Waals surface area contributed by atoms with E-state index in [9.17, 15) is 18.3 Å². The SMILES string of the molecule is CCN1CCN(c2ccc(NS(=O)(=O)c3ccc(C)cc3C)cc2C(=O)O)CC1. The zero-order valence-corrected chi connectivity index (χ0v) is 17.8. The second-order valence-electron chi connectivity index (χ2n) is 7.33. The number of benzene rings is 2. The molecule has 1 heterocycles. The molecule has 0 spiro atoms. The minimum atomic E-state index is -3.81. The predicted octanol–water partition coefficient (Wildman–Crippen LogP) is 2.94. The topological polar surface area (TPSA) is 90.0 Å². The van der Waals surface area contributed by atoms with Crippen LogP contribution in [0.4, 0.5) is 11.4 Å². The summed E-state index contributed by atoms with van der Waals surface area (Å²) in [4.78, 5) is 16.4. The third kappa shape index (κ3) is 4.71. The molecule has 7 nitrogen and oxygen atoms in total. The molecule has 0 atom stereocenters. The first-order chi connectivity index (χ1) is 13.7. The second-order valence-corrected chi connectivity index (χ2v) is 8.98. The number of carboxylic acids is 1. The van der Waals surface area contributed by atoms with Gasteiger partial charge in [0.25, 0.3) is 10.0 Å². The molecule has 2 aromatic rings. The lowest BCUT2D eigenvalue weighted by Gasteiger charge is -2.36. The molecule has 3 rings (SSSR count). The van der Waals surface area contributed by atoms with Crippen LogP contribution < -0.4 is 9.62 Å². The third-order valence-electron chi connectivity index (χ3n) is 5.26. The monoisotopic (exact) mass is 417 g/mol. The number of hydrogen-bond acceptors (Lipinski definition) is 5. The van der Waals surface area contributed by atoms with Crippen LogP contribution in [0.5, 0.6) is 0 Å². The zero-order valence-electron chi connectivity index (χ0n) is 17.0. The van der Waals surface area contributed by atoms with Crippen LogP contribution in [-0.4, -0.2) is 57.1 Å². The molecule has 1 aliphatic rings. The molecular formula is C21H27N3O4S. The summed E-state index contributed by atoms with van der Waals surface area (Å²) in [6.45, 7) is 9.93. The standard InChI is InChI=1S/C21H27N3O4S/c1-4-23-9-11-24(12-10-23)19-7-6-17(14-18(19)21(25)26)22-29(27,28)20-8-5-15(2)13-16(20)3/h5-8,13-14,22H,4,9-12H2,1-3H3,(H,25,26). The Balaban J connectivity index is 1.88. The average Bonchev–Trinajstić information content (AvgIpc) is 2.67. The highest BCUT2D eigenvalue weighted by Crippen LogP contribution is 2.27. The van der Waals surface area contributed by atoms with E-state index in [0.29, 0.717) is 11.3 Å². The maximum atomic E-state index is 12.8. The van der Waals surface area contributed by atoms with E-state index in [1.165, 1.54) is 6.07 Å². The average molecular weight is 418 g/mol. The smallest absolute Gasteiger partial charge is 0.337 e. The summed E-state index contributed by atoms with van der Waals surface area (Å²) in [5.74, 6) is -1.08. The van der Waals surface area contributed by atoms with E-state index in [0.717, 1.165) is 38.3 Å². The number of aryl methyl sites for hydroxylation is 2. The number of rotatable bonds is 6. The lowest BCUT2D eigenvalue weighted by Crippen LogP contribution is -2.46. The number of carbonyl (C=O) groups is 1. The fraction of sp³-hybridized carbons (Fsp3) is 0.381. The van der Waals surface area contributed by atoms with Crippen LogP contribution in [0.25, 0.3) is 0 Å². The molecule has 0 radical (unpaired) electrons. The maximum absolute atomic E-state index is 12.8. The van der Waals surface area contributed by atoms with Crippen molar-refractivity contribution in [2.75, 3.05) is 42.3 Å². The number of hydrogen-bond donors (Lipinski definition) is 2. The Kier molecular flexibility index (Phi) is 6.14. The van der Waals surface area contributed by atoms with Gasteiger partial charge in [-0.15, -0.1) is 0 Å². The van der Waals surface area contributed by atoms with Crippen molar-refractivity contribution in [2.24, 2.45) is 0 Å². The van der Waals surface area contributed by atoms with Crippen molar-refractivity contribution in [1.29, 1.82) is 0 Å². The second kappa shape index (κ2) is 8.42. The summed E-state index contributed by atoms with van der Waals surface area (Å²) in [5, 5.41) is 9.69. The number of aromatic carboxylic acids is 1. The van der Waals surface area contributed by atoms with E-state index in [1.807, 2.05) is 11.8 Å². The van der Waals surface area contributed by atoms with Gasteiger partial charge in [0.05, 0.1) is 16.1 Å². The molecule has 0 amide bonds. The quantitative estimate of drug-likeness (QED) is 0.751. The van der Waals surface area contributed by atoms with Crippen LogP contribution in [0.2, 0.25) is 0 Å². The fourth-order valence-corrected chi connectivity index (χ4v) is 4.94. The first-order valence-corrected chi connectivity index (χ1v) is 11.1. The Morgan fingerprint density at radius 3 is 2.34 bits per heavy atom. The van der Waals surface area contributed by atoms with Crippen LogP contribution in [0.1, 0.15) is 28.4 Å². The first-order valence-electron chi connectivity index (χ1n) is 9.66. The summed E-state index contributed by atoms with van der Waals surface area (Å²) in [6, 6.07) is 9.80. The van der Waals surface area contributed by atoms with Crippen LogP contribution in [0.15, 0.2) is 41.3 Å². The number of nitrogens with zero attached hydrogens (tertiary/aromatic N) is 2. The molecule has 2 aromatic carbocycles. The van der Waals surface area contributed by atoms with Gasteiger partial charge in [-0.25, -0.2) is 13.2 Å². The third-order valence-corrected chi connectivity index (χ3v) is 6.80. The minimum absolute atomic E-state index is 0.0933. The van der Waals surface area contributed by atoms with Gasteiger partial charge in [0.15, 0.2) is 0 Å². The molecule has 156 valence electrons. The molecule has 8 heteroatoms. The highest BCUT2D eigenvalue weighted by molar-refractivity contribution is 7.92. The first kappa shape index (κ1) is 21.1. The van der Waals surface area contributed by atoms with Gasteiger partial charge >= 0.3 is 5.97 Å². The van der Waals surface area contributed by atoms with Crippen molar-refractivity contribution in [3.05, 3.63) is 53.1 Å². The summed E-state index contributed by atoms with van der Waals surface area (Å²) >= 11 is 0. The van der Waals surface area contributed by atoms with Gasteiger partial charge in [-0.1, -0.05) is 24.6 Å². The molecule has 0 unspecified atom stereocenters. The molecule has 0 saturated carbocycles.